The maximum atomic E-state index is 9.88. The first-order chi connectivity index (χ1) is 6.09. The van der Waals surface area contributed by atoms with Crippen LogP contribution in [0.2, 0.25) is 0 Å². The van der Waals surface area contributed by atoms with Gasteiger partial charge in [0.15, 0.2) is 0 Å². The van der Waals surface area contributed by atoms with Gasteiger partial charge in [-0.2, -0.15) is 0 Å². The van der Waals surface area contributed by atoms with Crippen molar-refractivity contribution < 1.29 is 5.11 Å². The molecule has 1 heterocycles. The molecule has 1 N–H and O–H groups in total. The van der Waals surface area contributed by atoms with Crippen molar-refractivity contribution in [3.63, 3.8) is 0 Å². The molecule has 0 bridgehead atoms. The second-order valence-electron chi connectivity index (χ2n) is 3.70. The van der Waals surface area contributed by atoms with Crippen molar-refractivity contribution in [3.8, 4) is 0 Å². The van der Waals surface area contributed by atoms with Crippen LogP contribution < -0.4 is 0 Å². The van der Waals surface area contributed by atoms with Crippen LogP contribution in [-0.4, -0.2) is 5.11 Å². The maximum absolute atomic E-state index is 9.88. The Bertz CT molecular complexity index is 423. The third-order valence-electron chi connectivity index (χ3n) is 2.14. The number of hydrogen-bond donors (Lipinski definition) is 1. The number of thiophene rings is 1. The molecule has 0 saturated heterocycles. The average Bonchev–Trinajstić information content (AvgIpc) is 2.45. The molecule has 0 amide bonds. The lowest BCUT2D eigenvalue weighted by Crippen LogP contribution is -2.14. The molecule has 0 aliphatic carbocycles. The first kappa shape index (κ1) is 8.73. The minimum atomic E-state index is -0.737. The zero-order chi connectivity index (χ0) is 9.47. The minimum Gasteiger partial charge on any atom is -0.386 e. The van der Waals surface area contributed by atoms with E-state index < -0.39 is 5.60 Å². The van der Waals surface area contributed by atoms with E-state index in [1.54, 1.807) is 11.3 Å². The molecule has 68 valence electrons. The van der Waals surface area contributed by atoms with E-state index in [-0.39, 0.29) is 0 Å². The van der Waals surface area contributed by atoms with Crippen molar-refractivity contribution in [1.29, 1.82) is 0 Å². The Morgan fingerprint density at radius 3 is 2.62 bits per heavy atom. The first-order valence-electron chi connectivity index (χ1n) is 4.28. The van der Waals surface area contributed by atoms with Crippen molar-refractivity contribution in [1.82, 2.24) is 0 Å². The molecule has 2 heteroatoms. The molecule has 0 aliphatic rings. The van der Waals surface area contributed by atoms with Gasteiger partial charge >= 0.3 is 0 Å². The predicted molar refractivity (Wildman–Crippen MR) is 57.1 cm³/mol. The fourth-order valence-electron chi connectivity index (χ4n) is 1.45. The van der Waals surface area contributed by atoms with E-state index in [1.807, 2.05) is 31.4 Å². The Balaban J connectivity index is 2.72. The quantitative estimate of drug-likeness (QED) is 0.736. The summed E-state index contributed by atoms with van der Waals surface area (Å²) < 4.78 is 1.24. The van der Waals surface area contributed by atoms with Crippen LogP contribution in [0.1, 0.15) is 19.4 Å². The number of fused-ring (bicyclic) bond motifs is 1. The van der Waals surface area contributed by atoms with Gasteiger partial charge in [0, 0.05) is 10.3 Å². The molecule has 0 saturated carbocycles. The molecular formula is C11H12OS. The highest BCUT2D eigenvalue weighted by molar-refractivity contribution is 7.17. The van der Waals surface area contributed by atoms with Crippen LogP contribution in [0, 0.1) is 0 Å². The van der Waals surface area contributed by atoms with Gasteiger partial charge in [-0.15, -0.1) is 11.3 Å². The van der Waals surface area contributed by atoms with Gasteiger partial charge < -0.3 is 5.11 Å². The Morgan fingerprint density at radius 2 is 1.92 bits per heavy atom. The van der Waals surface area contributed by atoms with Gasteiger partial charge in [-0.3, -0.25) is 0 Å². The molecular weight excluding hydrogens is 180 g/mol. The summed E-state index contributed by atoms with van der Waals surface area (Å²) in [6.45, 7) is 3.64. The van der Waals surface area contributed by atoms with Crippen molar-refractivity contribution in [3.05, 3.63) is 35.2 Å². The summed E-state index contributed by atoms with van der Waals surface area (Å²) in [5.41, 5.74) is 0.285. The molecule has 0 unspecified atom stereocenters. The summed E-state index contributed by atoms with van der Waals surface area (Å²) in [6, 6.07) is 8.16. The average molecular weight is 192 g/mol. The largest absolute Gasteiger partial charge is 0.386 e. The summed E-state index contributed by atoms with van der Waals surface area (Å²) in [5, 5.41) is 13.1. The van der Waals surface area contributed by atoms with Gasteiger partial charge in [-0.1, -0.05) is 18.2 Å². The third-order valence-corrected chi connectivity index (χ3v) is 3.10. The molecule has 1 nitrogen and oxygen atoms in total. The monoisotopic (exact) mass is 192 g/mol. The van der Waals surface area contributed by atoms with Crippen LogP contribution in [0.15, 0.2) is 29.6 Å². The Morgan fingerprint density at radius 1 is 1.23 bits per heavy atom. The van der Waals surface area contributed by atoms with E-state index >= 15 is 0 Å². The second-order valence-corrected chi connectivity index (χ2v) is 4.62. The summed E-state index contributed by atoms with van der Waals surface area (Å²) >= 11 is 1.68. The molecule has 13 heavy (non-hydrogen) atoms. The molecule has 2 aromatic rings. The summed E-state index contributed by atoms with van der Waals surface area (Å²) in [5.74, 6) is 0. The van der Waals surface area contributed by atoms with E-state index in [4.69, 9.17) is 0 Å². The number of hydrogen-bond acceptors (Lipinski definition) is 2. The summed E-state index contributed by atoms with van der Waals surface area (Å²) in [6.07, 6.45) is 0. The van der Waals surface area contributed by atoms with E-state index in [0.29, 0.717) is 0 Å². The maximum Gasteiger partial charge on any atom is 0.0854 e. The third kappa shape index (κ3) is 1.47. The van der Waals surface area contributed by atoms with Crippen LogP contribution in [0.3, 0.4) is 0 Å². The van der Waals surface area contributed by atoms with E-state index in [1.165, 1.54) is 10.1 Å². The normalized spacial score (nSPS) is 12.2. The predicted octanol–water partition coefficient (Wildman–Crippen LogP) is 3.13. The molecule has 1 aromatic heterocycles. The Labute approximate surface area is 81.6 Å². The topological polar surface area (TPSA) is 20.2 Å². The molecule has 1 aromatic carbocycles. The smallest absolute Gasteiger partial charge is 0.0854 e. The van der Waals surface area contributed by atoms with Crippen LogP contribution in [-0.2, 0) is 5.60 Å². The molecule has 0 spiro atoms. The highest BCUT2D eigenvalue weighted by Crippen LogP contribution is 2.32. The highest BCUT2D eigenvalue weighted by Gasteiger charge is 2.19. The zero-order valence-corrected chi connectivity index (χ0v) is 8.56. The van der Waals surface area contributed by atoms with Gasteiger partial charge in [-0.05, 0) is 30.7 Å². The molecule has 0 atom stereocenters. The van der Waals surface area contributed by atoms with Crippen LogP contribution in [0.5, 0.6) is 0 Å². The second kappa shape index (κ2) is 2.82. The van der Waals surface area contributed by atoms with Crippen molar-refractivity contribution >= 4 is 21.4 Å². The number of rotatable bonds is 1. The summed E-state index contributed by atoms with van der Waals surface area (Å²) in [4.78, 5) is 0. The standard InChI is InChI=1S/C11H12OS/c1-11(2,12)9-7-13-10-6-4-3-5-8(9)10/h3-7,12H,1-2H3. The molecule has 0 radical (unpaired) electrons. The van der Waals surface area contributed by atoms with Gasteiger partial charge in [-0.25, -0.2) is 0 Å². The molecule has 0 aliphatic heterocycles. The van der Waals surface area contributed by atoms with Gasteiger partial charge in [0.1, 0.15) is 0 Å². The van der Waals surface area contributed by atoms with Gasteiger partial charge in [0.05, 0.1) is 5.60 Å². The number of aliphatic hydroxyl groups is 1. The Kier molecular flexibility index (Phi) is 1.90. The lowest BCUT2D eigenvalue weighted by Gasteiger charge is -2.16. The van der Waals surface area contributed by atoms with E-state index in [0.717, 1.165) is 5.56 Å². The van der Waals surface area contributed by atoms with Crippen LogP contribution >= 0.6 is 11.3 Å². The lowest BCUT2D eigenvalue weighted by molar-refractivity contribution is 0.0806. The lowest BCUT2D eigenvalue weighted by atomic mass is 9.98. The highest BCUT2D eigenvalue weighted by atomic mass is 32.1. The fourth-order valence-corrected chi connectivity index (χ4v) is 2.57. The van der Waals surface area contributed by atoms with Crippen molar-refractivity contribution in [2.24, 2.45) is 0 Å². The van der Waals surface area contributed by atoms with Crippen molar-refractivity contribution in [2.45, 2.75) is 19.4 Å². The van der Waals surface area contributed by atoms with Gasteiger partial charge in [0.25, 0.3) is 0 Å². The molecule has 2 rings (SSSR count). The fraction of sp³-hybridized carbons (Fsp3) is 0.273. The van der Waals surface area contributed by atoms with E-state index in [2.05, 4.69) is 12.1 Å². The Hall–Kier alpha value is -0.860. The van der Waals surface area contributed by atoms with Gasteiger partial charge in [0.2, 0.25) is 0 Å². The first-order valence-corrected chi connectivity index (χ1v) is 5.16. The van der Waals surface area contributed by atoms with Crippen LogP contribution in [0.25, 0.3) is 10.1 Å². The zero-order valence-electron chi connectivity index (χ0n) is 7.74. The van der Waals surface area contributed by atoms with E-state index in [9.17, 15) is 5.11 Å². The van der Waals surface area contributed by atoms with Crippen LogP contribution in [0.4, 0.5) is 0 Å². The SMILES string of the molecule is CC(C)(O)c1csc2ccccc12. The molecule has 0 fully saturated rings. The summed E-state index contributed by atoms with van der Waals surface area (Å²) in [7, 11) is 0. The number of benzene rings is 1. The van der Waals surface area contributed by atoms with Crippen molar-refractivity contribution in [2.75, 3.05) is 0 Å². The minimum absolute atomic E-state index is 0.737.